The van der Waals surface area contributed by atoms with E-state index in [1.165, 1.54) is 0 Å². The molecule has 0 N–H and O–H groups in total. The van der Waals surface area contributed by atoms with Crippen LogP contribution in [-0.2, 0) is 4.74 Å². The standard InChI is InChI=1S/C15H20O3/c1-3-5-6-7-12-18-14-10-8-13(9-11-14)15(16)17-4-2/h6-11H,3-5,12H2,1-2H3/b7-6-. The quantitative estimate of drug-likeness (QED) is 0.546. The molecule has 0 aliphatic rings. The number of allylic oxidation sites excluding steroid dienone is 1. The lowest BCUT2D eigenvalue weighted by molar-refractivity contribution is 0.0526. The fraction of sp³-hybridized carbons (Fsp3) is 0.400. The van der Waals surface area contributed by atoms with E-state index in [1.807, 2.05) is 6.08 Å². The summed E-state index contributed by atoms with van der Waals surface area (Å²) in [6.07, 6.45) is 6.33. The molecular formula is C15H20O3. The SMILES string of the molecule is CCC/C=C\COc1ccc(C(=O)OCC)cc1. The number of carbonyl (C=O) groups excluding carboxylic acids is 1. The second kappa shape index (κ2) is 8.34. The molecule has 0 amide bonds. The van der Waals surface area contributed by atoms with Gasteiger partial charge in [0.25, 0.3) is 0 Å². The van der Waals surface area contributed by atoms with E-state index in [1.54, 1.807) is 31.2 Å². The topological polar surface area (TPSA) is 35.5 Å². The van der Waals surface area contributed by atoms with Gasteiger partial charge in [-0.3, -0.25) is 0 Å². The monoisotopic (exact) mass is 248 g/mol. The Morgan fingerprint density at radius 3 is 2.50 bits per heavy atom. The van der Waals surface area contributed by atoms with E-state index in [0.29, 0.717) is 18.8 Å². The molecule has 0 aliphatic carbocycles. The van der Waals surface area contributed by atoms with Gasteiger partial charge < -0.3 is 9.47 Å². The number of carbonyl (C=O) groups is 1. The molecule has 0 heterocycles. The first-order valence-electron chi connectivity index (χ1n) is 6.33. The zero-order valence-corrected chi connectivity index (χ0v) is 11.0. The van der Waals surface area contributed by atoms with Crippen LogP contribution in [0.15, 0.2) is 36.4 Å². The zero-order valence-electron chi connectivity index (χ0n) is 11.0. The highest BCUT2D eigenvalue weighted by Gasteiger charge is 2.05. The summed E-state index contributed by atoms with van der Waals surface area (Å²) < 4.78 is 10.4. The van der Waals surface area contributed by atoms with Gasteiger partial charge in [0.1, 0.15) is 12.4 Å². The van der Waals surface area contributed by atoms with Gasteiger partial charge in [0, 0.05) is 0 Å². The van der Waals surface area contributed by atoms with Crippen LogP contribution in [0.3, 0.4) is 0 Å². The van der Waals surface area contributed by atoms with Gasteiger partial charge in [-0.05, 0) is 37.6 Å². The van der Waals surface area contributed by atoms with Gasteiger partial charge in [0.15, 0.2) is 0 Å². The van der Waals surface area contributed by atoms with Crippen LogP contribution in [0.25, 0.3) is 0 Å². The van der Waals surface area contributed by atoms with E-state index in [-0.39, 0.29) is 5.97 Å². The van der Waals surface area contributed by atoms with Gasteiger partial charge in [0.05, 0.1) is 12.2 Å². The van der Waals surface area contributed by atoms with Gasteiger partial charge >= 0.3 is 5.97 Å². The molecule has 0 aromatic heterocycles. The van der Waals surface area contributed by atoms with Crippen LogP contribution in [0.5, 0.6) is 5.75 Å². The van der Waals surface area contributed by atoms with Crippen molar-refractivity contribution in [2.24, 2.45) is 0 Å². The number of hydrogen-bond acceptors (Lipinski definition) is 3. The van der Waals surface area contributed by atoms with Crippen LogP contribution in [0, 0.1) is 0 Å². The maximum atomic E-state index is 11.4. The van der Waals surface area contributed by atoms with Crippen molar-refractivity contribution in [3.63, 3.8) is 0 Å². The molecule has 0 bridgehead atoms. The number of hydrogen-bond donors (Lipinski definition) is 0. The lowest BCUT2D eigenvalue weighted by Gasteiger charge is -2.05. The number of ether oxygens (including phenoxy) is 2. The third kappa shape index (κ3) is 5.04. The maximum Gasteiger partial charge on any atom is 0.338 e. The molecule has 98 valence electrons. The summed E-state index contributed by atoms with van der Waals surface area (Å²) in [5.74, 6) is 0.455. The molecule has 3 nitrogen and oxygen atoms in total. The van der Waals surface area contributed by atoms with Crippen molar-refractivity contribution in [1.29, 1.82) is 0 Å². The van der Waals surface area contributed by atoms with Crippen molar-refractivity contribution in [3.8, 4) is 5.75 Å². The van der Waals surface area contributed by atoms with Gasteiger partial charge in [-0.2, -0.15) is 0 Å². The minimum atomic E-state index is -0.299. The summed E-state index contributed by atoms with van der Waals surface area (Å²) in [4.78, 5) is 11.4. The average Bonchev–Trinajstić information content (AvgIpc) is 2.39. The second-order valence-electron chi connectivity index (χ2n) is 3.82. The van der Waals surface area contributed by atoms with Crippen LogP contribution < -0.4 is 4.74 Å². The van der Waals surface area contributed by atoms with Crippen molar-refractivity contribution in [3.05, 3.63) is 42.0 Å². The summed E-state index contributed by atoms with van der Waals surface area (Å²) >= 11 is 0. The normalized spacial score (nSPS) is 10.6. The summed E-state index contributed by atoms with van der Waals surface area (Å²) in [7, 11) is 0. The van der Waals surface area contributed by atoms with Crippen molar-refractivity contribution >= 4 is 5.97 Å². The zero-order chi connectivity index (χ0) is 13.2. The van der Waals surface area contributed by atoms with Gasteiger partial charge in [-0.15, -0.1) is 0 Å². The smallest absolute Gasteiger partial charge is 0.338 e. The lowest BCUT2D eigenvalue weighted by Crippen LogP contribution is -2.04. The Balaban J connectivity index is 2.43. The fourth-order valence-corrected chi connectivity index (χ4v) is 1.40. The maximum absolute atomic E-state index is 11.4. The van der Waals surface area contributed by atoms with Gasteiger partial charge in [0.2, 0.25) is 0 Å². The Morgan fingerprint density at radius 2 is 1.89 bits per heavy atom. The van der Waals surface area contributed by atoms with Crippen molar-refractivity contribution in [2.45, 2.75) is 26.7 Å². The summed E-state index contributed by atoms with van der Waals surface area (Å²) in [5, 5.41) is 0. The number of unbranched alkanes of at least 4 members (excludes halogenated alkanes) is 1. The largest absolute Gasteiger partial charge is 0.490 e. The summed E-state index contributed by atoms with van der Waals surface area (Å²) in [5.41, 5.74) is 0.547. The van der Waals surface area contributed by atoms with Crippen LogP contribution in [-0.4, -0.2) is 19.2 Å². The number of benzene rings is 1. The Bertz CT molecular complexity index is 379. The first-order chi connectivity index (χ1) is 8.77. The Hall–Kier alpha value is -1.77. The predicted octanol–water partition coefficient (Wildman–Crippen LogP) is 3.60. The summed E-state index contributed by atoms with van der Waals surface area (Å²) in [6, 6.07) is 6.98. The molecule has 0 saturated heterocycles. The molecule has 0 fully saturated rings. The molecule has 0 radical (unpaired) electrons. The van der Waals surface area contributed by atoms with Gasteiger partial charge in [-0.1, -0.05) is 25.5 Å². The molecule has 1 rings (SSSR count). The van der Waals surface area contributed by atoms with Gasteiger partial charge in [-0.25, -0.2) is 4.79 Å². The highest BCUT2D eigenvalue weighted by molar-refractivity contribution is 5.89. The van der Waals surface area contributed by atoms with E-state index in [0.717, 1.165) is 18.6 Å². The predicted molar refractivity (Wildman–Crippen MR) is 71.9 cm³/mol. The molecule has 1 aromatic carbocycles. The Kier molecular flexibility index (Phi) is 6.62. The van der Waals surface area contributed by atoms with Crippen molar-refractivity contribution < 1.29 is 14.3 Å². The van der Waals surface area contributed by atoms with E-state index < -0.39 is 0 Å². The highest BCUT2D eigenvalue weighted by Crippen LogP contribution is 2.13. The third-order valence-corrected chi connectivity index (χ3v) is 2.33. The Morgan fingerprint density at radius 1 is 1.17 bits per heavy atom. The molecule has 0 atom stereocenters. The van der Waals surface area contributed by atoms with Crippen LogP contribution in [0.1, 0.15) is 37.0 Å². The molecule has 0 unspecified atom stereocenters. The lowest BCUT2D eigenvalue weighted by atomic mass is 10.2. The van der Waals surface area contributed by atoms with Crippen molar-refractivity contribution in [1.82, 2.24) is 0 Å². The van der Waals surface area contributed by atoms with Crippen LogP contribution in [0.2, 0.25) is 0 Å². The highest BCUT2D eigenvalue weighted by atomic mass is 16.5. The molecule has 1 aromatic rings. The number of esters is 1. The van der Waals surface area contributed by atoms with E-state index in [4.69, 9.17) is 9.47 Å². The molecule has 18 heavy (non-hydrogen) atoms. The molecule has 0 aliphatic heterocycles. The van der Waals surface area contributed by atoms with E-state index in [2.05, 4.69) is 13.0 Å². The number of rotatable bonds is 7. The average molecular weight is 248 g/mol. The first kappa shape index (κ1) is 14.3. The minimum absolute atomic E-state index is 0.299. The van der Waals surface area contributed by atoms with E-state index in [9.17, 15) is 4.79 Å². The van der Waals surface area contributed by atoms with Crippen LogP contribution >= 0.6 is 0 Å². The third-order valence-electron chi connectivity index (χ3n) is 2.33. The Labute approximate surface area is 108 Å². The molecule has 0 saturated carbocycles. The minimum Gasteiger partial charge on any atom is -0.490 e. The molecule has 0 spiro atoms. The summed E-state index contributed by atoms with van der Waals surface area (Å²) in [6.45, 7) is 4.87. The second-order valence-corrected chi connectivity index (χ2v) is 3.82. The van der Waals surface area contributed by atoms with Crippen molar-refractivity contribution in [2.75, 3.05) is 13.2 Å². The van der Waals surface area contributed by atoms with E-state index >= 15 is 0 Å². The van der Waals surface area contributed by atoms with Crippen LogP contribution in [0.4, 0.5) is 0 Å². The molecule has 3 heteroatoms. The molecular weight excluding hydrogens is 228 g/mol. The first-order valence-corrected chi connectivity index (χ1v) is 6.33. The fourth-order valence-electron chi connectivity index (χ4n) is 1.40.